The van der Waals surface area contributed by atoms with E-state index in [-0.39, 0.29) is 5.91 Å². The lowest BCUT2D eigenvalue weighted by Crippen LogP contribution is -2.25. The van der Waals surface area contributed by atoms with Gasteiger partial charge in [-0.3, -0.25) is 4.79 Å². The Labute approximate surface area is 112 Å². The molecule has 0 saturated heterocycles. The maximum Gasteiger partial charge on any atom is 0.220 e. The molecule has 0 heterocycles. The molecule has 1 amide bonds. The summed E-state index contributed by atoms with van der Waals surface area (Å²) < 4.78 is 0. The molecule has 1 aromatic carbocycles. The topological polar surface area (TPSA) is 29.1 Å². The summed E-state index contributed by atoms with van der Waals surface area (Å²) in [6.45, 7) is 4.90. The average Bonchev–Trinajstić information content (AvgIpc) is 2.26. The number of carbonyl (C=O) groups is 1. The second kappa shape index (κ2) is 7.49. The van der Waals surface area contributed by atoms with E-state index in [4.69, 9.17) is 0 Å². The summed E-state index contributed by atoms with van der Waals surface area (Å²) >= 11 is 3.46. The smallest absolute Gasteiger partial charge is 0.220 e. The van der Waals surface area contributed by atoms with Gasteiger partial charge in [-0.2, -0.15) is 0 Å². The van der Waals surface area contributed by atoms with Gasteiger partial charge >= 0.3 is 0 Å². The Bertz CT molecular complexity index is 363. The van der Waals surface area contributed by atoms with E-state index in [1.807, 2.05) is 6.07 Å². The van der Waals surface area contributed by atoms with Crippen LogP contribution in [0, 0.1) is 6.92 Å². The third-order valence-corrected chi connectivity index (χ3v) is 3.05. The van der Waals surface area contributed by atoms with Crippen molar-refractivity contribution >= 4 is 21.8 Å². The number of amides is 1. The van der Waals surface area contributed by atoms with Gasteiger partial charge in [0.2, 0.25) is 5.91 Å². The second-order valence-corrected chi connectivity index (χ2v) is 5.97. The zero-order valence-electron chi connectivity index (χ0n) is 10.5. The Balaban J connectivity index is 2.24. The molecule has 1 unspecified atom stereocenters. The molecule has 17 heavy (non-hydrogen) atoms. The molecule has 0 bridgehead atoms. The number of rotatable bonds is 6. The number of halogens is 1. The van der Waals surface area contributed by atoms with E-state index in [1.54, 1.807) is 0 Å². The standard InChI is InChI=1S/C14H20BrNO/c1-11-4-3-5-13(10-11)6-7-14(17)16-9-8-12(2)15/h3-5,10,12H,6-9H2,1-2H3,(H,16,17). The van der Waals surface area contributed by atoms with Crippen LogP contribution in [0.4, 0.5) is 0 Å². The third kappa shape index (κ3) is 6.47. The SMILES string of the molecule is Cc1cccc(CCC(=O)NCCC(C)Br)c1. The highest BCUT2D eigenvalue weighted by atomic mass is 79.9. The first-order valence-electron chi connectivity index (χ1n) is 6.04. The first-order chi connectivity index (χ1) is 8.08. The van der Waals surface area contributed by atoms with Crippen molar-refractivity contribution in [2.45, 2.75) is 37.9 Å². The monoisotopic (exact) mass is 297 g/mol. The van der Waals surface area contributed by atoms with Crippen molar-refractivity contribution in [2.75, 3.05) is 6.54 Å². The molecule has 1 aromatic rings. The number of benzene rings is 1. The van der Waals surface area contributed by atoms with Gasteiger partial charge in [-0.05, 0) is 25.3 Å². The van der Waals surface area contributed by atoms with Crippen LogP contribution in [0.2, 0.25) is 0 Å². The molecule has 0 aromatic heterocycles. The molecule has 0 aliphatic rings. The molecular weight excluding hydrogens is 278 g/mol. The average molecular weight is 298 g/mol. The van der Waals surface area contributed by atoms with Crippen LogP contribution in [0.5, 0.6) is 0 Å². The Kier molecular flexibility index (Phi) is 6.27. The van der Waals surface area contributed by atoms with E-state index in [1.165, 1.54) is 11.1 Å². The first kappa shape index (κ1) is 14.2. The Morgan fingerprint density at radius 2 is 2.24 bits per heavy atom. The largest absolute Gasteiger partial charge is 0.356 e. The number of hydrogen-bond donors (Lipinski definition) is 1. The van der Waals surface area contributed by atoms with E-state index in [0.717, 1.165) is 19.4 Å². The van der Waals surface area contributed by atoms with Crippen LogP contribution in [-0.4, -0.2) is 17.3 Å². The molecule has 1 N–H and O–H groups in total. The number of hydrogen-bond acceptors (Lipinski definition) is 1. The molecule has 0 radical (unpaired) electrons. The van der Waals surface area contributed by atoms with E-state index < -0.39 is 0 Å². The lowest BCUT2D eigenvalue weighted by atomic mass is 10.1. The summed E-state index contributed by atoms with van der Waals surface area (Å²) in [5, 5.41) is 2.93. The molecule has 0 saturated carbocycles. The van der Waals surface area contributed by atoms with Crippen LogP contribution >= 0.6 is 15.9 Å². The minimum atomic E-state index is 0.139. The van der Waals surface area contributed by atoms with Crippen LogP contribution in [0.15, 0.2) is 24.3 Å². The fraction of sp³-hybridized carbons (Fsp3) is 0.500. The van der Waals surface area contributed by atoms with Crippen molar-refractivity contribution < 1.29 is 4.79 Å². The summed E-state index contributed by atoms with van der Waals surface area (Å²) in [6, 6.07) is 8.31. The van der Waals surface area contributed by atoms with Crippen LogP contribution < -0.4 is 5.32 Å². The van der Waals surface area contributed by atoms with Crippen molar-refractivity contribution in [1.29, 1.82) is 0 Å². The molecule has 0 aliphatic carbocycles. The minimum absolute atomic E-state index is 0.139. The molecule has 2 nitrogen and oxygen atoms in total. The van der Waals surface area contributed by atoms with Gasteiger partial charge < -0.3 is 5.32 Å². The van der Waals surface area contributed by atoms with Crippen molar-refractivity contribution in [3.05, 3.63) is 35.4 Å². The highest BCUT2D eigenvalue weighted by Crippen LogP contribution is 2.06. The fourth-order valence-electron chi connectivity index (χ4n) is 1.62. The number of nitrogens with one attached hydrogen (secondary N) is 1. The van der Waals surface area contributed by atoms with Crippen molar-refractivity contribution in [2.24, 2.45) is 0 Å². The highest BCUT2D eigenvalue weighted by molar-refractivity contribution is 9.09. The van der Waals surface area contributed by atoms with E-state index in [9.17, 15) is 4.79 Å². The molecule has 0 spiro atoms. The van der Waals surface area contributed by atoms with Crippen LogP contribution in [0.1, 0.15) is 30.9 Å². The van der Waals surface area contributed by atoms with Gasteiger partial charge in [0.05, 0.1) is 0 Å². The predicted octanol–water partition coefficient (Wildman–Crippen LogP) is 3.22. The lowest BCUT2D eigenvalue weighted by Gasteiger charge is -2.06. The predicted molar refractivity (Wildman–Crippen MR) is 75.5 cm³/mol. The summed E-state index contributed by atoms with van der Waals surface area (Å²) in [5.41, 5.74) is 2.48. The molecule has 1 rings (SSSR count). The molecule has 0 fully saturated rings. The van der Waals surface area contributed by atoms with Gasteiger partial charge in [0.25, 0.3) is 0 Å². The Hall–Kier alpha value is -0.830. The molecule has 3 heteroatoms. The zero-order chi connectivity index (χ0) is 12.7. The lowest BCUT2D eigenvalue weighted by molar-refractivity contribution is -0.121. The molecule has 1 atom stereocenters. The first-order valence-corrected chi connectivity index (χ1v) is 6.96. The van der Waals surface area contributed by atoms with Gasteiger partial charge in [0, 0.05) is 17.8 Å². The molecule has 0 aliphatic heterocycles. The summed E-state index contributed by atoms with van der Waals surface area (Å²) in [6.07, 6.45) is 2.35. The summed E-state index contributed by atoms with van der Waals surface area (Å²) in [5.74, 6) is 0.139. The normalized spacial score (nSPS) is 12.2. The number of aryl methyl sites for hydroxylation is 2. The maximum atomic E-state index is 11.6. The highest BCUT2D eigenvalue weighted by Gasteiger charge is 2.03. The van der Waals surface area contributed by atoms with Gasteiger partial charge in [-0.1, -0.05) is 52.7 Å². The van der Waals surface area contributed by atoms with E-state index in [2.05, 4.69) is 53.3 Å². The summed E-state index contributed by atoms with van der Waals surface area (Å²) in [7, 11) is 0. The van der Waals surface area contributed by atoms with Gasteiger partial charge in [-0.25, -0.2) is 0 Å². The van der Waals surface area contributed by atoms with E-state index in [0.29, 0.717) is 11.2 Å². The third-order valence-electron chi connectivity index (χ3n) is 2.59. The zero-order valence-corrected chi connectivity index (χ0v) is 12.1. The van der Waals surface area contributed by atoms with E-state index >= 15 is 0 Å². The molecular formula is C14H20BrNO. The Morgan fingerprint density at radius 3 is 2.88 bits per heavy atom. The maximum absolute atomic E-state index is 11.6. The number of carbonyl (C=O) groups excluding carboxylic acids is 1. The quantitative estimate of drug-likeness (QED) is 0.803. The van der Waals surface area contributed by atoms with Crippen LogP contribution in [0.3, 0.4) is 0 Å². The Morgan fingerprint density at radius 1 is 1.47 bits per heavy atom. The minimum Gasteiger partial charge on any atom is -0.356 e. The fourth-order valence-corrected chi connectivity index (χ4v) is 1.85. The van der Waals surface area contributed by atoms with Crippen LogP contribution in [0.25, 0.3) is 0 Å². The van der Waals surface area contributed by atoms with Crippen molar-refractivity contribution in [1.82, 2.24) is 5.32 Å². The van der Waals surface area contributed by atoms with Crippen LogP contribution in [-0.2, 0) is 11.2 Å². The number of alkyl halides is 1. The molecule has 94 valence electrons. The summed E-state index contributed by atoms with van der Waals surface area (Å²) in [4.78, 5) is 12.0. The van der Waals surface area contributed by atoms with Crippen molar-refractivity contribution in [3.63, 3.8) is 0 Å². The van der Waals surface area contributed by atoms with Gasteiger partial charge in [0.15, 0.2) is 0 Å². The van der Waals surface area contributed by atoms with Gasteiger partial charge in [-0.15, -0.1) is 0 Å². The van der Waals surface area contributed by atoms with Crippen molar-refractivity contribution in [3.8, 4) is 0 Å². The van der Waals surface area contributed by atoms with Gasteiger partial charge in [0.1, 0.15) is 0 Å². The second-order valence-electron chi connectivity index (χ2n) is 4.41.